The average Bonchev–Trinajstić information content (AvgIpc) is 2.62. The standard InChI is InChI=1S/C20H15F3N2O/c21-20(22,23)15-9-6-10-16(13-15)24-19(26)25-18-12-5-4-11-17(18)14-7-2-1-3-8-14/h1-13H,(H2,24,25,26). The quantitative estimate of drug-likeness (QED) is 0.592. The Morgan fingerprint density at radius 3 is 2.19 bits per heavy atom. The molecule has 0 heterocycles. The maximum Gasteiger partial charge on any atom is 0.416 e. The van der Waals surface area contributed by atoms with Gasteiger partial charge in [-0.2, -0.15) is 13.2 Å². The van der Waals surface area contributed by atoms with Crippen LogP contribution >= 0.6 is 0 Å². The van der Waals surface area contributed by atoms with E-state index in [-0.39, 0.29) is 5.69 Å². The van der Waals surface area contributed by atoms with Crippen LogP contribution < -0.4 is 10.6 Å². The number of amides is 2. The van der Waals surface area contributed by atoms with Crippen LogP contribution in [0.3, 0.4) is 0 Å². The molecule has 2 amide bonds. The Balaban J connectivity index is 1.78. The Kier molecular flexibility index (Phi) is 4.93. The third-order valence-corrected chi connectivity index (χ3v) is 3.71. The molecule has 3 rings (SSSR count). The lowest BCUT2D eigenvalue weighted by molar-refractivity contribution is -0.137. The summed E-state index contributed by atoms with van der Waals surface area (Å²) >= 11 is 0. The highest BCUT2D eigenvalue weighted by atomic mass is 19.4. The summed E-state index contributed by atoms with van der Waals surface area (Å²) in [5.41, 5.74) is 1.53. The second kappa shape index (κ2) is 7.31. The molecule has 0 bridgehead atoms. The molecule has 26 heavy (non-hydrogen) atoms. The van der Waals surface area contributed by atoms with Gasteiger partial charge in [0, 0.05) is 11.3 Å². The molecule has 0 unspecified atom stereocenters. The molecule has 0 saturated carbocycles. The van der Waals surface area contributed by atoms with Crippen molar-refractivity contribution >= 4 is 17.4 Å². The molecule has 3 aromatic rings. The normalized spacial score (nSPS) is 11.0. The first-order chi connectivity index (χ1) is 12.4. The summed E-state index contributed by atoms with van der Waals surface area (Å²) in [4.78, 5) is 12.2. The number of urea groups is 1. The van der Waals surface area contributed by atoms with Gasteiger partial charge in [-0.25, -0.2) is 4.79 Å². The fraction of sp³-hybridized carbons (Fsp3) is 0.0500. The fourth-order valence-corrected chi connectivity index (χ4v) is 2.52. The van der Waals surface area contributed by atoms with Crippen molar-refractivity contribution < 1.29 is 18.0 Å². The van der Waals surface area contributed by atoms with Crippen LogP contribution in [0.5, 0.6) is 0 Å². The number of para-hydroxylation sites is 1. The molecular weight excluding hydrogens is 341 g/mol. The first kappa shape index (κ1) is 17.5. The van der Waals surface area contributed by atoms with E-state index in [2.05, 4.69) is 10.6 Å². The molecule has 0 radical (unpaired) electrons. The third kappa shape index (κ3) is 4.22. The third-order valence-electron chi connectivity index (χ3n) is 3.71. The van der Waals surface area contributed by atoms with Crippen molar-refractivity contribution in [2.24, 2.45) is 0 Å². The van der Waals surface area contributed by atoms with Gasteiger partial charge in [-0.1, -0.05) is 54.6 Å². The van der Waals surface area contributed by atoms with E-state index in [0.717, 1.165) is 23.3 Å². The number of carbonyl (C=O) groups excluding carboxylic acids is 1. The van der Waals surface area contributed by atoms with Crippen LogP contribution in [0.15, 0.2) is 78.9 Å². The topological polar surface area (TPSA) is 41.1 Å². The number of halogens is 3. The molecule has 3 nitrogen and oxygen atoms in total. The van der Waals surface area contributed by atoms with E-state index in [0.29, 0.717) is 5.69 Å². The van der Waals surface area contributed by atoms with Crippen molar-refractivity contribution in [1.29, 1.82) is 0 Å². The summed E-state index contributed by atoms with van der Waals surface area (Å²) in [7, 11) is 0. The Labute approximate surface area is 148 Å². The predicted octanol–water partition coefficient (Wildman–Crippen LogP) is 6.02. The average molecular weight is 356 g/mol. The Morgan fingerprint density at radius 2 is 1.46 bits per heavy atom. The van der Waals surface area contributed by atoms with E-state index >= 15 is 0 Å². The number of hydrogen-bond acceptors (Lipinski definition) is 1. The summed E-state index contributed by atoms with van der Waals surface area (Å²) in [5.74, 6) is 0. The molecule has 2 N–H and O–H groups in total. The highest BCUT2D eigenvalue weighted by Crippen LogP contribution is 2.31. The van der Waals surface area contributed by atoms with Gasteiger partial charge in [-0.15, -0.1) is 0 Å². The van der Waals surface area contributed by atoms with Crippen LogP contribution in [0, 0.1) is 0 Å². The van der Waals surface area contributed by atoms with E-state index in [1.165, 1.54) is 12.1 Å². The summed E-state index contributed by atoms with van der Waals surface area (Å²) < 4.78 is 38.3. The SMILES string of the molecule is O=C(Nc1cccc(C(F)(F)F)c1)Nc1ccccc1-c1ccccc1. The van der Waals surface area contributed by atoms with Crippen molar-refractivity contribution in [1.82, 2.24) is 0 Å². The number of benzene rings is 3. The molecule has 0 fully saturated rings. The minimum atomic E-state index is -4.46. The molecule has 6 heteroatoms. The fourth-order valence-electron chi connectivity index (χ4n) is 2.52. The number of anilines is 2. The number of carbonyl (C=O) groups is 1. The van der Waals surface area contributed by atoms with Gasteiger partial charge < -0.3 is 10.6 Å². The second-order valence-corrected chi connectivity index (χ2v) is 5.57. The molecular formula is C20H15F3N2O. The maximum atomic E-state index is 12.8. The Hall–Kier alpha value is -3.28. The lowest BCUT2D eigenvalue weighted by Crippen LogP contribution is -2.20. The van der Waals surface area contributed by atoms with E-state index in [4.69, 9.17) is 0 Å². The zero-order valence-corrected chi connectivity index (χ0v) is 13.5. The van der Waals surface area contributed by atoms with Crippen LogP contribution in [0.2, 0.25) is 0 Å². The summed E-state index contributed by atoms with van der Waals surface area (Å²) in [5, 5.41) is 5.12. The van der Waals surface area contributed by atoms with Crippen molar-refractivity contribution in [3.63, 3.8) is 0 Å². The van der Waals surface area contributed by atoms with E-state index in [9.17, 15) is 18.0 Å². The minimum absolute atomic E-state index is 0.0644. The first-order valence-electron chi connectivity index (χ1n) is 7.83. The smallest absolute Gasteiger partial charge is 0.308 e. The lowest BCUT2D eigenvalue weighted by atomic mass is 10.0. The molecule has 0 atom stereocenters. The van der Waals surface area contributed by atoms with Gasteiger partial charge in [0.15, 0.2) is 0 Å². The molecule has 0 aromatic heterocycles. The van der Waals surface area contributed by atoms with Crippen LogP contribution in [-0.2, 0) is 6.18 Å². The Bertz CT molecular complexity index is 908. The maximum absolute atomic E-state index is 12.8. The van der Waals surface area contributed by atoms with Gasteiger partial charge in [-0.05, 0) is 29.8 Å². The lowest BCUT2D eigenvalue weighted by Gasteiger charge is -2.13. The summed E-state index contributed by atoms with van der Waals surface area (Å²) in [6.07, 6.45) is -4.46. The molecule has 0 spiro atoms. The van der Waals surface area contributed by atoms with E-state index in [1.807, 2.05) is 42.5 Å². The molecule has 0 saturated heterocycles. The minimum Gasteiger partial charge on any atom is -0.308 e. The number of nitrogens with one attached hydrogen (secondary N) is 2. The van der Waals surface area contributed by atoms with Crippen LogP contribution in [0.1, 0.15) is 5.56 Å². The molecule has 0 aliphatic carbocycles. The van der Waals surface area contributed by atoms with Crippen molar-refractivity contribution in [3.8, 4) is 11.1 Å². The number of rotatable bonds is 3. The van der Waals surface area contributed by atoms with Gasteiger partial charge >= 0.3 is 12.2 Å². The van der Waals surface area contributed by atoms with E-state index in [1.54, 1.807) is 12.1 Å². The van der Waals surface area contributed by atoms with Crippen LogP contribution in [0.4, 0.5) is 29.3 Å². The molecule has 0 aliphatic heterocycles. The highest BCUT2D eigenvalue weighted by molar-refractivity contribution is 6.02. The van der Waals surface area contributed by atoms with E-state index < -0.39 is 17.8 Å². The van der Waals surface area contributed by atoms with Crippen molar-refractivity contribution in [3.05, 3.63) is 84.4 Å². The second-order valence-electron chi connectivity index (χ2n) is 5.57. The Morgan fingerprint density at radius 1 is 0.769 bits per heavy atom. The van der Waals surface area contributed by atoms with Crippen LogP contribution in [0.25, 0.3) is 11.1 Å². The monoisotopic (exact) mass is 356 g/mol. The number of hydrogen-bond donors (Lipinski definition) is 2. The highest BCUT2D eigenvalue weighted by Gasteiger charge is 2.30. The van der Waals surface area contributed by atoms with Gasteiger partial charge in [0.05, 0.1) is 11.3 Å². The summed E-state index contributed by atoms with van der Waals surface area (Å²) in [6.45, 7) is 0. The molecule has 3 aromatic carbocycles. The largest absolute Gasteiger partial charge is 0.416 e. The van der Waals surface area contributed by atoms with Crippen molar-refractivity contribution in [2.45, 2.75) is 6.18 Å². The number of alkyl halides is 3. The van der Waals surface area contributed by atoms with Gasteiger partial charge in [0.1, 0.15) is 0 Å². The summed E-state index contributed by atoms with van der Waals surface area (Å²) in [6, 6.07) is 20.5. The zero-order valence-electron chi connectivity index (χ0n) is 13.5. The van der Waals surface area contributed by atoms with Gasteiger partial charge in [-0.3, -0.25) is 0 Å². The van der Waals surface area contributed by atoms with Crippen LogP contribution in [-0.4, -0.2) is 6.03 Å². The predicted molar refractivity (Wildman–Crippen MR) is 96.0 cm³/mol. The van der Waals surface area contributed by atoms with Gasteiger partial charge in [0.2, 0.25) is 0 Å². The zero-order chi connectivity index (χ0) is 18.6. The molecule has 0 aliphatic rings. The van der Waals surface area contributed by atoms with Crippen molar-refractivity contribution in [2.75, 3.05) is 10.6 Å². The van der Waals surface area contributed by atoms with Gasteiger partial charge in [0.25, 0.3) is 0 Å². The first-order valence-corrected chi connectivity index (χ1v) is 7.83. The molecule has 132 valence electrons.